The van der Waals surface area contributed by atoms with Gasteiger partial charge in [-0.1, -0.05) is 41.3 Å². The number of fused-ring (bicyclic) bond motifs is 1. The number of anilines is 1. The second-order valence-corrected chi connectivity index (χ2v) is 11.8. The van der Waals surface area contributed by atoms with Crippen LogP contribution in [-0.2, 0) is 25.7 Å². The Hall–Kier alpha value is -2.82. The molecule has 0 fully saturated rings. The summed E-state index contributed by atoms with van der Waals surface area (Å²) in [7, 11) is 2.00. The van der Waals surface area contributed by atoms with Crippen LogP contribution >= 0.6 is 34.4 Å². The number of benzene rings is 2. The molecule has 0 atom stereocenters. The molecule has 0 bridgehead atoms. The van der Waals surface area contributed by atoms with E-state index >= 15 is 0 Å². The normalized spacial score (nSPS) is 15.5. The Morgan fingerprint density at radius 2 is 1.86 bits per heavy atom. The first kappa shape index (κ1) is 25.8. The van der Waals surface area contributed by atoms with Crippen LogP contribution in [0, 0.1) is 6.92 Å². The van der Waals surface area contributed by atoms with Crippen LogP contribution in [0.15, 0.2) is 63.7 Å². The lowest BCUT2D eigenvalue weighted by Crippen LogP contribution is -2.36. The molecule has 0 amide bonds. The van der Waals surface area contributed by atoms with Crippen LogP contribution in [-0.4, -0.2) is 11.6 Å². The van der Waals surface area contributed by atoms with Crippen molar-refractivity contribution in [3.8, 4) is 0 Å². The Morgan fingerprint density at radius 3 is 2.57 bits per heavy atom. The van der Waals surface area contributed by atoms with E-state index in [0.29, 0.717) is 19.5 Å². The van der Waals surface area contributed by atoms with Crippen LogP contribution in [0.4, 0.5) is 18.9 Å². The molecule has 192 valence electrons. The predicted octanol–water partition coefficient (Wildman–Crippen LogP) is 4.99. The number of hydrogen-bond acceptors (Lipinski definition) is 5. The molecule has 5 rings (SSSR count). The van der Waals surface area contributed by atoms with Gasteiger partial charge in [0, 0.05) is 24.9 Å². The van der Waals surface area contributed by atoms with Crippen LogP contribution in [0.2, 0.25) is 0 Å². The summed E-state index contributed by atoms with van der Waals surface area (Å²) in [4.78, 5) is 16.6. The Kier molecular flexibility index (Phi) is 7.08. The first-order valence-electron chi connectivity index (χ1n) is 11.8. The smallest absolute Gasteiger partial charge is 0.337 e. The molecule has 2 aromatic carbocycles. The van der Waals surface area contributed by atoms with Crippen LogP contribution in [0.5, 0.6) is 0 Å². The van der Waals surface area contributed by atoms with Crippen LogP contribution in [0.1, 0.15) is 28.6 Å². The fourth-order valence-corrected chi connectivity index (χ4v) is 7.70. The van der Waals surface area contributed by atoms with E-state index in [9.17, 15) is 18.0 Å². The van der Waals surface area contributed by atoms with E-state index in [1.54, 1.807) is 27.7 Å². The molecule has 0 unspecified atom stereocenters. The molecule has 0 aliphatic carbocycles. The van der Waals surface area contributed by atoms with Gasteiger partial charge in [0.2, 0.25) is 0 Å². The van der Waals surface area contributed by atoms with Crippen molar-refractivity contribution in [2.24, 2.45) is 0 Å². The van der Waals surface area contributed by atoms with Gasteiger partial charge in [0.15, 0.2) is 12.7 Å². The van der Waals surface area contributed by atoms with E-state index < -0.39 is 11.7 Å². The Labute approximate surface area is 224 Å². The molecule has 0 saturated carbocycles. The summed E-state index contributed by atoms with van der Waals surface area (Å²) in [5.41, 5.74) is 2.50. The van der Waals surface area contributed by atoms with Crippen LogP contribution in [0.25, 0.3) is 11.1 Å². The molecule has 1 aliphatic rings. The molecule has 1 aliphatic heterocycles. The van der Waals surface area contributed by atoms with Gasteiger partial charge in [-0.25, -0.2) is 0 Å². The maximum absolute atomic E-state index is 13.4. The van der Waals surface area contributed by atoms with Crippen LogP contribution < -0.4 is 24.2 Å². The summed E-state index contributed by atoms with van der Waals surface area (Å²) < 4.78 is 44.0. The minimum absolute atomic E-state index is 0.00508. The lowest BCUT2D eigenvalue weighted by molar-refractivity contribution is -0.693. The summed E-state index contributed by atoms with van der Waals surface area (Å²) in [6, 6.07) is 11.6. The minimum Gasteiger partial charge on any atom is -0.337 e. The topological polar surface area (TPSA) is 29.1 Å². The zero-order valence-corrected chi connectivity index (χ0v) is 23.0. The molecule has 10 heteroatoms. The van der Waals surface area contributed by atoms with Crippen molar-refractivity contribution in [2.45, 2.75) is 44.4 Å². The summed E-state index contributed by atoms with van der Waals surface area (Å²) in [5, 5.41) is 3.91. The van der Waals surface area contributed by atoms with Gasteiger partial charge in [-0.3, -0.25) is 9.36 Å². The van der Waals surface area contributed by atoms with Crippen molar-refractivity contribution >= 4 is 51.2 Å². The van der Waals surface area contributed by atoms with Crippen molar-refractivity contribution < 1.29 is 17.7 Å². The third-order valence-corrected chi connectivity index (χ3v) is 9.61. The highest BCUT2D eigenvalue weighted by molar-refractivity contribution is 8.08. The number of rotatable bonds is 5. The quantitative estimate of drug-likeness (QED) is 0.323. The Morgan fingerprint density at radius 1 is 1.11 bits per heavy atom. The predicted molar refractivity (Wildman–Crippen MR) is 146 cm³/mol. The molecule has 3 heterocycles. The third kappa shape index (κ3) is 5.15. The van der Waals surface area contributed by atoms with E-state index in [-0.39, 0.29) is 5.56 Å². The first-order chi connectivity index (χ1) is 17.7. The molecule has 2 aromatic heterocycles. The van der Waals surface area contributed by atoms with Gasteiger partial charge >= 0.3 is 6.18 Å². The summed E-state index contributed by atoms with van der Waals surface area (Å²) in [6.45, 7) is 5.22. The second-order valence-electron chi connectivity index (χ2n) is 8.78. The zero-order chi connectivity index (χ0) is 26.3. The number of thioether (sulfide) groups is 1. The molecule has 0 radical (unpaired) electrons. The molecular weight excluding hydrogens is 536 g/mol. The fourth-order valence-electron chi connectivity index (χ4n) is 4.26. The lowest BCUT2D eigenvalue weighted by Gasteiger charge is -2.12. The van der Waals surface area contributed by atoms with Crippen LogP contribution in [0.3, 0.4) is 0 Å². The molecule has 4 aromatic rings. The third-order valence-electron chi connectivity index (χ3n) is 6.29. The zero-order valence-electron chi connectivity index (χ0n) is 20.5. The van der Waals surface area contributed by atoms with Gasteiger partial charge in [-0.2, -0.15) is 17.7 Å². The van der Waals surface area contributed by atoms with E-state index in [1.165, 1.54) is 29.0 Å². The minimum atomic E-state index is -4.33. The fraction of sp³-hybridized carbons (Fsp3) is 0.259. The van der Waals surface area contributed by atoms with Crippen molar-refractivity contribution in [1.82, 2.24) is 4.57 Å². The summed E-state index contributed by atoms with van der Waals surface area (Å²) >= 11 is 4.70. The molecule has 0 saturated heterocycles. The molecule has 37 heavy (non-hydrogen) atoms. The van der Waals surface area contributed by atoms with Crippen molar-refractivity contribution in [3.63, 3.8) is 0 Å². The summed E-state index contributed by atoms with van der Waals surface area (Å²) in [5.74, 6) is 0. The highest BCUT2D eigenvalue weighted by atomic mass is 32.2. The molecule has 4 nitrogen and oxygen atoms in total. The average Bonchev–Trinajstić information content (AvgIpc) is 3.53. The lowest BCUT2D eigenvalue weighted by atomic mass is 10.1. The standard InChI is InChI=1S/C27H25F3N3OS3/c1-4-33-23(37-24(25(33)34)26-31(3)20-10-5-17(2)15-21(20)36-26)16-22-32(13-14-35-22)12-11-18-6-8-19(9-7-18)27(28,29)30/h5-10,13-16H,4,11-12H2,1-3H3/q+1/b26-24+. The van der Waals surface area contributed by atoms with Gasteiger partial charge in [-0.05, 0) is 49.2 Å². The van der Waals surface area contributed by atoms with E-state index in [4.69, 9.17) is 0 Å². The number of hydrogen-bond donors (Lipinski definition) is 0. The number of nitrogens with zero attached hydrogens (tertiary/aromatic N) is 3. The highest BCUT2D eigenvalue weighted by Gasteiger charge is 2.30. The average molecular weight is 561 g/mol. The number of halogens is 3. The SMILES string of the molecule is CCn1c(=O)/c(=C2\Sc3cc(C)ccc3N2C)s/c1=C\c1scc[n+]1CCc1ccc(C(F)(F)F)cc1. The first-order valence-corrected chi connectivity index (χ1v) is 14.3. The number of alkyl halides is 3. The van der Waals surface area contributed by atoms with Gasteiger partial charge in [0.05, 0.1) is 22.7 Å². The summed E-state index contributed by atoms with van der Waals surface area (Å²) in [6.07, 6.45) is 0.280. The Bertz CT molecular complexity index is 1630. The Balaban J connectivity index is 1.46. The maximum atomic E-state index is 13.4. The van der Waals surface area contributed by atoms with Gasteiger partial charge in [0.1, 0.15) is 14.2 Å². The van der Waals surface area contributed by atoms with Crippen molar-refractivity contribution in [1.29, 1.82) is 0 Å². The maximum Gasteiger partial charge on any atom is 0.416 e. The van der Waals surface area contributed by atoms with E-state index in [0.717, 1.165) is 47.5 Å². The monoisotopic (exact) mass is 560 g/mol. The number of thiazole rings is 2. The van der Waals surface area contributed by atoms with E-state index in [2.05, 4.69) is 34.6 Å². The van der Waals surface area contributed by atoms with Gasteiger partial charge < -0.3 is 4.90 Å². The van der Waals surface area contributed by atoms with Crippen molar-refractivity contribution in [2.75, 3.05) is 11.9 Å². The van der Waals surface area contributed by atoms with Crippen molar-refractivity contribution in [3.05, 3.63) is 95.3 Å². The number of aryl methyl sites for hydroxylation is 3. The number of aromatic nitrogens is 2. The second kappa shape index (κ2) is 10.2. The highest BCUT2D eigenvalue weighted by Crippen LogP contribution is 2.45. The molecule has 0 spiro atoms. The van der Waals surface area contributed by atoms with E-state index in [1.807, 2.05) is 31.6 Å². The molecular formula is C27H25F3N3OS3+. The van der Waals surface area contributed by atoms with Gasteiger partial charge in [0.25, 0.3) is 10.6 Å². The van der Waals surface area contributed by atoms with Gasteiger partial charge in [-0.15, -0.1) is 11.3 Å². The largest absolute Gasteiger partial charge is 0.416 e. The molecule has 0 N–H and O–H groups in total.